The second kappa shape index (κ2) is 6.03. The van der Waals surface area contributed by atoms with E-state index < -0.39 is 0 Å². The fourth-order valence-electron chi connectivity index (χ4n) is 2.09. The number of carbonyl (C=O) groups excluding carboxylic acids is 1. The quantitative estimate of drug-likeness (QED) is 0.799. The summed E-state index contributed by atoms with van der Waals surface area (Å²) >= 11 is 0. The predicted molar refractivity (Wildman–Crippen MR) is 73.4 cm³/mol. The molecule has 1 aliphatic rings. The third-order valence-corrected chi connectivity index (χ3v) is 3.01. The molecule has 1 aliphatic heterocycles. The molecule has 102 valence electrons. The van der Waals surface area contributed by atoms with E-state index in [4.69, 9.17) is 5.73 Å². The Hall–Kier alpha value is -0.320. The number of carbonyl (C=O) groups is 1. The Morgan fingerprint density at radius 3 is 2.47 bits per heavy atom. The van der Waals surface area contributed by atoms with Crippen molar-refractivity contribution in [1.29, 1.82) is 0 Å². The monoisotopic (exact) mass is 263 g/mol. The first-order valence-electron chi connectivity index (χ1n) is 5.98. The van der Waals surface area contributed by atoms with E-state index in [1.165, 1.54) is 0 Å². The van der Waals surface area contributed by atoms with Crippen LogP contribution < -0.4 is 11.1 Å². The fraction of sp³-hybridized carbons (Fsp3) is 0.917. The first kappa shape index (κ1) is 16.7. The smallest absolute Gasteiger partial charge is 0.234 e. The van der Waals surface area contributed by atoms with Gasteiger partial charge in [-0.3, -0.25) is 9.69 Å². The standard InChI is InChI=1S/C12H25N3O.ClH/c1-11(2,3)14-10(16)7-15-6-5-12(4,8-13)9-15;/h5-9,13H2,1-4H3,(H,14,16);1H. The lowest BCUT2D eigenvalue weighted by Gasteiger charge is -2.25. The highest BCUT2D eigenvalue weighted by Crippen LogP contribution is 2.27. The Morgan fingerprint density at radius 1 is 1.47 bits per heavy atom. The van der Waals surface area contributed by atoms with E-state index in [0.29, 0.717) is 13.1 Å². The Balaban J connectivity index is 0.00000256. The van der Waals surface area contributed by atoms with Crippen molar-refractivity contribution >= 4 is 18.3 Å². The molecule has 0 aromatic rings. The number of nitrogens with two attached hydrogens (primary N) is 1. The van der Waals surface area contributed by atoms with Crippen LogP contribution in [0.3, 0.4) is 0 Å². The van der Waals surface area contributed by atoms with Crippen LogP contribution in [0.2, 0.25) is 0 Å². The summed E-state index contributed by atoms with van der Waals surface area (Å²) in [5, 5.41) is 2.98. The molecule has 0 aliphatic carbocycles. The average Bonchev–Trinajstić information content (AvgIpc) is 2.45. The molecule has 0 radical (unpaired) electrons. The Labute approximate surface area is 111 Å². The van der Waals surface area contributed by atoms with Crippen LogP contribution >= 0.6 is 12.4 Å². The zero-order valence-electron chi connectivity index (χ0n) is 11.4. The third-order valence-electron chi connectivity index (χ3n) is 3.01. The van der Waals surface area contributed by atoms with Gasteiger partial charge in [-0.2, -0.15) is 0 Å². The van der Waals surface area contributed by atoms with Gasteiger partial charge in [0.25, 0.3) is 0 Å². The van der Waals surface area contributed by atoms with Gasteiger partial charge in [-0.05, 0) is 45.7 Å². The number of likely N-dealkylation sites (tertiary alicyclic amines) is 1. The molecule has 4 nitrogen and oxygen atoms in total. The number of rotatable bonds is 3. The maximum absolute atomic E-state index is 11.7. The van der Waals surface area contributed by atoms with Gasteiger partial charge in [-0.25, -0.2) is 0 Å². The van der Waals surface area contributed by atoms with Crippen molar-refractivity contribution in [3.8, 4) is 0 Å². The maximum Gasteiger partial charge on any atom is 0.234 e. The molecule has 1 atom stereocenters. The summed E-state index contributed by atoms with van der Waals surface area (Å²) in [6.45, 7) is 11.3. The number of nitrogens with zero attached hydrogens (tertiary/aromatic N) is 1. The van der Waals surface area contributed by atoms with Crippen LogP contribution in [0, 0.1) is 5.41 Å². The van der Waals surface area contributed by atoms with Crippen LogP contribution in [0.1, 0.15) is 34.1 Å². The highest BCUT2D eigenvalue weighted by Gasteiger charge is 2.33. The van der Waals surface area contributed by atoms with Crippen molar-refractivity contribution in [3.63, 3.8) is 0 Å². The van der Waals surface area contributed by atoms with E-state index in [-0.39, 0.29) is 29.3 Å². The van der Waals surface area contributed by atoms with Crippen molar-refractivity contribution < 1.29 is 4.79 Å². The Morgan fingerprint density at radius 2 is 2.06 bits per heavy atom. The maximum atomic E-state index is 11.7. The van der Waals surface area contributed by atoms with Crippen LogP contribution in [0.25, 0.3) is 0 Å². The van der Waals surface area contributed by atoms with E-state index in [1.54, 1.807) is 0 Å². The van der Waals surface area contributed by atoms with E-state index in [9.17, 15) is 4.79 Å². The largest absolute Gasteiger partial charge is 0.350 e. The first-order chi connectivity index (χ1) is 7.24. The van der Waals surface area contributed by atoms with Crippen LogP contribution in [0.5, 0.6) is 0 Å². The molecule has 17 heavy (non-hydrogen) atoms. The number of hydrogen-bond acceptors (Lipinski definition) is 3. The van der Waals surface area contributed by atoms with Crippen molar-refractivity contribution in [2.75, 3.05) is 26.2 Å². The number of nitrogens with one attached hydrogen (secondary N) is 1. The zero-order chi connectivity index (χ0) is 12.4. The summed E-state index contributed by atoms with van der Waals surface area (Å²) < 4.78 is 0. The highest BCUT2D eigenvalue weighted by molar-refractivity contribution is 5.85. The third kappa shape index (κ3) is 5.70. The molecule has 1 fully saturated rings. The fourth-order valence-corrected chi connectivity index (χ4v) is 2.09. The lowest BCUT2D eigenvalue weighted by atomic mass is 9.90. The van der Waals surface area contributed by atoms with Crippen molar-refractivity contribution in [2.24, 2.45) is 11.1 Å². The molecule has 0 bridgehead atoms. The number of hydrogen-bond donors (Lipinski definition) is 2. The second-order valence-electron chi connectivity index (χ2n) is 6.27. The summed E-state index contributed by atoms with van der Waals surface area (Å²) in [4.78, 5) is 13.9. The molecule has 3 N–H and O–H groups in total. The van der Waals surface area contributed by atoms with Gasteiger partial charge in [0, 0.05) is 12.1 Å². The van der Waals surface area contributed by atoms with Crippen LogP contribution in [0.4, 0.5) is 0 Å². The Bertz CT molecular complexity index is 265. The predicted octanol–water partition coefficient (Wildman–Crippen LogP) is 0.994. The summed E-state index contributed by atoms with van der Waals surface area (Å²) in [5.41, 5.74) is 5.79. The molecule has 1 heterocycles. The molecule has 0 aromatic carbocycles. The van der Waals surface area contributed by atoms with Crippen molar-refractivity contribution in [2.45, 2.75) is 39.7 Å². The molecule has 5 heteroatoms. The van der Waals surface area contributed by atoms with E-state index in [2.05, 4.69) is 17.1 Å². The van der Waals surface area contributed by atoms with Gasteiger partial charge in [-0.15, -0.1) is 12.4 Å². The summed E-state index contributed by atoms with van der Waals surface area (Å²) in [7, 11) is 0. The molecule has 1 rings (SSSR count). The minimum atomic E-state index is -0.145. The average molecular weight is 264 g/mol. The van der Waals surface area contributed by atoms with Crippen LogP contribution in [-0.4, -0.2) is 42.5 Å². The molecule has 0 saturated carbocycles. The summed E-state index contributed by atoms with van der Waals surface area (Å²) in [6.07, 6.45) is 1.09. The minimum Gasteiger partial charge on any atom is -0.350 e. The van der Waals surface area contributed by atoms with Gasteiger partial charge in [0.05, 0.1) is 6.54 Å². The van der Waals surface area contributed by atoms with Gasteiger partial charge >= 0.3 is 0 Å². The van der Waals surface area contributed by atoms with Crippen molar-refractivity contribution in [3.05, 3.63) is 0 Å². The molecular formula is C12H26ClN3O. The van der Waals surface area contributed by atoms with E-state index in [1.807, 2.05) is 20.8 Å². The number of halogens is 1. The Kier molecular flexibility index (Phi) is 5.91. The minimum absolute atomic E-state index is 0. The lowest BCUT2D eigenvalue weighted by molar-refractivity contribution is -0.123. The van der Waals surface area contributed by atoms with Gasteiger partial charge < -0.3 is 11.1 Å². The van der Waals surface area contributed by atoms with Crippen LogP contribution in [0.15, 0.2) is 0 Å². The normalized spacial score (nSPS) is 25.5. The lowest BCUT2D eigenvalue weighted by Crippen LogP contribution is -2.46. The number of amides is 1. The highest BCUT2D eigenvalue weighted by atomic mass is 35.5. The SMILES string of the molecule is CC1(CN)CCN(CC(=O)NC(C)(C)C)C1.Cl. The molecule has 1 amide bonds. The molecule has 0 spiro atoms. The summed E-state index contributed by atoms with van der Waals surface area (Å²) in [6, 6.07) is 0. The zero-order valence-corrected chi connectivity index (χ0v) is 12.2. The van der Waals surface area contributed by atoms with E-state index in [0.717, 1.165) is 19.5 Å². The van der Waals surface area contributed by atoms with Crippen molar-refractivity contribution in [1.82, 2.24) is 10.2 Å². The molecule has 1 saturated heterocycles. The molecule has 0 aromatic heterocycles. The summed E-state index contributed by atoms with van der Waals surface area (Å²) in [5.74, 6) is 0.105. The first-order valence-corrected chi connectivity index (χ1v) is 5.98. The molecule has 1 unspecified atom stereocenters. The van der Waals surface area contributed by atoms with Gasteiger partial charge in [0.15, 0.2) is 0 Å². The second-order valence-corrected chi connectivity index (χ2v) is 6.27. The van der Waals surface area contributed by atoms with Crippen LogP contribution in [-0.2, 0) is 4.79 Å². The van der Waals surface area contributed by atoms with Gasteiger partial charge in [0.1, 0.15) is 0 Å². The van der Waals surface area contributed by atoms with Gasteiger partial charge in [-0.1, -0.05) is 6.92 Å². The topological polar surface area (TPSA) is 58.4 Å². The molecular weight excluding hydrogens is 238 g/mol. The van der Waals surface area contributed by atoms with Gasteiger partial charge in [0.2, 0.25) is 5.91 Å². The van der Waals surface area contributed by atoms with E-state index >= 15 is 0 Å².